The standard InChI is InChI=1S/C24H38O5/c1-6-7-19(26)29-22-14(3)11-16-15(4)12-27-24(5)18(25)9-8-13(2)10-17-21(22)20(16)23(24)28-17/h8,14-18,20-23,25H,6-7,9-12H2,1-5H3/b13-8+/t14-,15+,16+,17-,18-,20+,21+,22-,23-,24+/m1/s1. The number of aliphatic hydroxyl groups is 1. The Kier molecular flexibility index (Phi) is 5.86. The van der Waals surface area contributed by atoms with Crippen molar-refractivity contribution < 1.29 is 24.1 Å². The van der Waals surface area contributed by atoms with E-state index in [9.17, 15) is 9.90 Å². The predicted molar refractivity (Wildman–Crippen MR) is 110 cm³/mol. The van der Waals surface area contributed by atoms with Crippen molar-refractivity contribution in [1.29, 1.82) is 0 Å². The van der Waals surface area contributed by atoms with Crippen molar-refractivity contribution in [2.45, 2.75) is 96.7 Å². The summed E-state index contributed by atoms with van der Waals surface area (Å²) in [6.45, 7) is 11.3. The molecule has 2 bridgehead atoms. The molecule has 1 aliphatic carbocycles. The third-order valence-corrected chi connectivity index (χ3v) is 8.17. The normalized spacial score (nSPS) is 51.1. The van der Waals surface area contributed by atoms with Gasteiger partial charge in [-0.1, -0.05) is 32.4 Å². The van der Waals surface area contributed by atoms with Crippen molar-refractivity contribution in [2.75, 3.05) is 6.61 Å². The Labute approximate surface area is 175 Å². The third kappa shape index (κ3) is 3.57. The molecule has 0 spiro atoms. The van der Waals surface area contributed by atoms with Crippen LogP contribution in [0.25, 0.3) is 0 Å². The maximum atomic E-state index is 12.5. The molecule has 5 nitrogen and oxygen atoms in total. The maximum Gasteiger partial charge on any atom is 0.306 e. The van der Waals surface area contributed by atoms with Gasteiger partial charge in [0, 0.05) is 18.3 Å². The van der Waals surface area contributed by atoms with E-state index in [4.69, 9.17) is 14.2 Å². The van der Waals surface area contributed by atoms with Crippen LogP contribution in [0.15, 0.2) is 11.6 Å². The molecule has 1 saturated carbocycles. The van der Waals surface area contributed by atoms with Gasteiger partial charge in [-0.3, -0.25) is 4.79 Å². The minimum Gasteiger partial charge on any atom is -0.462 e. The summed E-state index contributed by atoms with van der Waals surface area (Å²) in [5, 5.41) is 11.1. The summed E-state index contributed by atoms with van der Waals surface area (Å²) in [6, 6.07) is 0. The first-order chi connectivity index (χ1) is 13.8. The quantitative estimate of drug-likeness (QED) is 0.569. The van der Waals surface area contributed by atoms with Gasteiger partial charge >= 0.3 is 5.97 Å². The summed E-state index contributed by atoms with van der Waals surface area (Å²) < 4.78 is 19.3. The van der Waals surface area contributed by atoms with Gasteiger partial charge < -0.3 is 19.3 Å². The molecule has 0 aromatic carbocycles. The lowest BCUT2D eigenvalue weighted by Crippen LogP contribution is -2.56. The summed E-state index contributed by atoms with van der Waals surface area (Å²) in [4.78, 5) is 12.5. The molecular weight excluding hydrogens is 368 g/mol. The largest absolute Gasteiger partial charge is 0.462 e. The van der Waals surface area contributed by atoms with Gasteiger partial charge in [-0.2, -0.15) is 0 Å². The fourth-order valence-electron chi connectivity index (χ4n) is 6.53. The first-order valence-corrected chi connectivity index (χ1v) is 11.6. The average Bonchev–Trinajstić information content (AvgIpc) is 3.02. The Morgan fingerprint density at radius 3 is 2.79 bits per heavy atom. The predicted octanol–water partition coefficient (Wildman–Crippen LogP) is 3.88. The molecule has 3 fully saturated rings. The highest BCUT2D eigenvalue weighted by Crippen LogP contribution is 2.57. The van der Waals surface area contributed by atoms with Gasteiger partial charge in [0.25, 0.3) is 0 Å². The van der Waals surface area contributed by atoms with E-state index in [1.165, 1.54) is 5.57 Å². The number of hydrogen-bond donors (Lipinski definition) is 1. The van der Waals surface area contributed by atoms with Gasteiger partial charge in [-0.25, -0.2) is 0 Å². The molecule has 4 aliphatic rings. The van der Waals surface area contributed by atoms with E-state index in [0.29, 0.717) is 37.2 Å². The molecule has 3 aliphatic heterocycles. The van der Waals surface area contributed by atoms with Crippen LogP contribution in [0, 0.1) is 29.6 Å². The first kappa shape index (κ1) is 21.3. The van der Waals surface area contributed by atoms with E-state index in [1.807, 2.05) is 13.8 Å². The monoisotopic (exact) mass is 406 g/mol. The average molecular weight is 407 g/mol. The second-order valence-electron chi connectivity index (χ2n) is 10.3. The Morgan fingerprint density at radius 2 is 2.07 bits per heavy atom. The summed E-state index contributed by atoms with van der Waals surface area (Å²) in [5.74, 6) is 1.47. The molecule has 0 aromatic heterocycles. The molecule has 1 N–H and O–H groups in total. The lowest BCUT2D eigenvalue weighted by atomic mass is 9.59. The Bertz CT molecular complexity index is 660. The first-order valence-electron chi connectivity index (χ1n) is 11.6. The fourth-order valence-corrected chi connectivity index (χ4v) is 6.53. The van der Waals surface area contributed by atoms with Crippen LogP contribution in [-0.2, 0) is 19.0 Å². The number of aliphatic hydroxyl groups excluding tert-OH is 1. The Balaban J connectivity index is 1.77. The lowest BCUT2D eigenvalue weighted by Gasteiger charge is -2.47. The van der Waals surface area contributed by atoms with Gasteiger partial charge in [0.2, 0.25) is 0 Å². The van der Waals surface area contributed by atoms with Crippen LogP contribution >= 0.6 is 0 Å². The molecule has 0 amide bonds. The number of hydrogen-bond acceptors (Lipinski definition) is 5. The highest BCUT2D eigenvalue weighted by Gasteiger charge is 2.64. The smallest absolute Gasteiger partial charge is 0.306 e. The van der Waals surface area contributed by atoms with Gasteiger partial charge in [0.05, 0.1) is 24.9 Å². The molecule has 10 atom stereocenters. The number of esters is 1. The molecule has 0 radical (unpaired) electrons. The minimum absolute atomic E-state index is 0.00412. The molecule has 3 heterocycles. The Hall–Kier alpha value is -0.910. The van der Waals surface area contributed by atoms with Crippen molar-refractivity contribution >= 4 is 5.97 Å². The van der Waals surface area contributed by atoms with Crippen LogP contribution < -0.4 is 0 Å². The molecule has 5 heteroatoms. The van der Waals surface area contributed by atoms with Crippen molar-refractivity contribution in [3.05, 3.63) is 11.6 Å². The van der Waals surface area contributed by atoms with Crippen molar-refractivity contribution in [2.24, 2.45) is 29.6 Å². The van der Waals surface area contributed by atoms with E-state index < -0.39 is 11.7 Å². The molecule has 164 valence electrons. The zero-order valence-electron chi connectivity index (χ0n) is 18.6. The van der Waals surface area contributed by atoms with Crippen LogP contribution in [0.5, 0.6) is 0 Å². The van der Waals surface area contributed by atoms with Crippen molar-refractivity contribution in [1.82, 2.24) is 0 Å². The van der Waals surface area contributed by atoms with Crippen LogP contribution in [0.1, 0.15) is 66.7 Å². The Morgan fingerprint density at radius 1 is 1.31 bits per heavy atom. The maximum absolute atomic E-state index is 12.5. The topological polar surface area (TPSA) is 65.0 Å². The lowest BCUT2D eigenvalue weighted by molar-refractivity contribution is -0.183. The van der Waals surface area contributed by atoms with E-state index in [0.717, 1.165) is 19.3 Å². The molecule has 2 saturated heterocycles. The van der Waals surface area contributed by atoms with Gasteiger partial charge in [0.15, 0.2) is 0 Å². The van der Waals surface area contributed by atoms with Gasteiger partial charge in [-0.15, -0.1) is 0 Å². The van der Waals surface area contributed by atoms with Gasteiger partial charge in [-0.05, 0) is 57.3 Å². The summed E-state index contributed by atoms with van der Waals surface area (Å²) in [6.07, 6.45) is 4.95. The highest BCUT2D eigenvalue weighted by atomic mass is 16.6. The van der Waals surface area contributed by atoms with E-state index in [1.54, 1.807) is 0 Å². The van der Waals surface area contributed by atoms with Crippen molar-refractivity contribution in [3.8, 4) is 0 Å². The van der Waals surface area contributed by atoms with Crippen LogP contribution in [-0.4, -0.2) is 47.7 Å². The van der Waals surface area contributed by atoms with Gasteiger partial charge in [0.1, 0.15) is 11.7 Å². The zero-order valence-corrected chi connectivity index (χ0v) is 18.6. The number of carbonyl (C=O) groups excluding carboxylic acids is 1. The number of carbonyl (C=O) groups is 1. The number of fused-ring (bicyclic) bond motifs is 2. The summed E-state index contributed by atoms with van der Waals surface area (Å²) in [7, 11) is 0. The van der Waals surface area contributed by atoms with E-state index in [2.05, 4.69) is 26.8 Å². The number of ether oxygens (including phenoxy) is 3. The van der Waals surface area contributed by atoms with Crippen LogP contribution in [0.4, 0.5) is 0 Å². The van der Waals surface area contributed by atoms with E-state index >= 15 is 0 Å². The van der Waals surface area contributed by atoms with Crippen LogP contribution in [0.3, 0.4) is 0 Å². The summed E-state index contributed by atoms with van der Waals surface area (Å²) >= 11 is 0. The zero-order chi connectivity index (χ0) is 20.9. The van der Waals surface area contributed by atoms with E-state index in [-0.39, 0.29) is 36.1 Å². The molecular formula is C24H38O5. The fraction of sp³-hybridized carbons (Fsp3) is 0.875. The highest BCUT2D eigenvalue weighted by molar-refractivity contribution is 5.69. The molecule has 29 heavy (non-hydrogen) atoms. The second kappa shape index (κ2) is 7.97. The minimum atomic E-state index is -0.736. The SMILES string of the molecule is CCCC(=O)O[C@H]1[C@@H]2[C@@H]3[C@@H](C[C@H]1C)[C@@H](C)CO[C@@]1(C)[C@H](O)C/C=C(\C)C[C@H]2O[C@H]31. The molecule has 4 rings (SSSR count). The number of rotatable bonds is 3. The van der Waals surface area contributed by atoms with Crippen LogP contribution in [0.2, 0.25) is 0 Å². The van der Waals surface area contributed by atoms with Crippen molar-refractivity contribution in [3.63, 3.8) is 0 Å². The summed E-state index contributed by atoms with van der Waals surface area (Å²) in [5.41, 5.74) is 0.499. The second-order valence-corrected chi connectivity index (χ2v) is 10.3. The molecule has 0 aromatic rings. The molecule has 0 unspecified atom stereocenters. The third-order valence-electron chi connectivity index (χ3n) is 8.17.